The summed E-state index contributed by atoms with van der Waals surface area (Å²) in [4.78, 5) is 17.3. The number of benzene rings is 1. The van der Waals surface area contributed by atoms with Crippen molar-refractivity contribution in [1.82, 2.24) is 9.80 Å². The lowest BCUT2D eigenvalue weighted by molar-refractivity contribution is -0.134. The molecule has 27 heavy (non-hydrogen) atoms. The van der Waals surface area contributed by atoms with Crippen LogP contribution in [0, 0.1) is 5.92 Å². The molecule has 0 unspecified atom stereocenters. The summed E-state index contributed by atoms with van der Waals surface area (Å²) < 4.78 is 0. The monoisotopic (exact) mass is 373 g/mol. The van der Waals surface area contributed by atoms with Gasteiger partial charge in [-0.2, -0.15) is 0 Å². The van der Waals surface area contributed by atoms with Gasteiger partial charge in [0.05, 0.1) is 6.04 Å². The Labute approximate surface area is 166 Å². The third-order valence-corrected chi connectivity index (χ3v) is 6.14. The summed E-state index contributed by atoms with van der Waals surface area (Å²) in [7, 11) is 0. The Bertz CT molecular complexity index is 589. The normalized spacial score (nSPS) is 16.7. The molecule has 1 saturated heterocycles. The number of hydrogen-bond acceptors (Lipinski definition) is 3. The minimum atomic E-state index is -0.429. The van der Waals surface area contributed by atoms with Gasteiger partial charge in [-0.25, -0.2) is 0 Å². The van der Waals surface area contributed by atoms with Crippen LogP contribution in [-0.4, -0.2) is 54.5 Å². The predicted molar refractivity (Wildman–Crippen MR) is 114 cm³/mol. The number of rotatable bonds is 9. The van der Waals surface area contributed by atoms with E-state index in [0.29, 0.717) is 12.3 Å². The van der Waals surface area contributed by atoms with E-state index in [1.807, 2.05) is 4.90 Å². The van der Waals surface area contributed by atoms with Crippen molar-refractivity contribution in [3.8, 4) is 0 Å². The lowest BCUT2D eigenvalue weighted by Crippen LogP contribution is -2.49. The molecule has 0 spiro atoms. The molecule has 1 fully saturated rings. The van der Waals surface area contributed by atoms with Gasteiger partial charge in [0.25, 0.3) is 0 Å². The number of carbonyl (C=O) groups is 1. The van der Waals surface area contributed by atoms with Gasteiger partial charge < -0.3 is 15.5 Å². The Morgan fingerprint density at radius 2 is 1.74 bits per heavy atom. The average molecular weight is 374 g/mol. The zero-order chi connectivity index (χ0) is 19.8. The SMILES string of the molecule is CCc1ccc(C[C@@H](N)C(=O)N2CCC(CN(CC)CC)CC2)cc1CC. The zero-order valence-corrected chi connectivity index (χ0v) is 17.8. The largest absolute Gasteiger partial charge is 0.341 e. The highest BCUT2D eigenvalue weighted by molar-refractivity contribution is 5.82. The Balaban J connectivity index is 1.87. The Kier molecular flexibility index (Phi) is 8.78. The molecule has 1 aliphatic rings. The van der Waals surface area contributed by atoms with E-state index in [4.69, 9.17) is 5.73 Å². The standard InChI is InChI=1S/C23H39N3O/c1-5-20-10-9-19(15-21(20)6-2)16-22(24)23(27)26-13-11-18(12-14-26)17-25(7-3)8-4/h9-10,15,18,22H,5-8,11-14,16-17,24H2,1-4H3/t22-/m1/s1. The molecule has 4 nitrogen and oxygen atoms in total. The van der Waals surface area contributed by atoms with Crippen molar-refractivity contribution in [2.45, 2.75) is 65.8 Å². The summed E-state index contributed by atoms with van der Waals surface area (Å²) in [6.45, 7) is 13.9. The Morgan fingerprint density at radius 3 is 2.30 bits per heavy atom. The molecule has 4 heteroatoms. The lowest BCUT2D eigenvalue weighted by Gasteiger charge is -2.35. The maximum atomic E-state index is 12.8. The molecule has 2 rings (SSSR count). The van der Waals surface area contributed by atoms with Crippen LogP contribution in [0.15, 0.2) is 18.2 Å². The molecule has 0 bridgehead atoms. The highest BCUT2D eigenvalue weighted by Crippen LogP contribution is 2.20. The molecule has 1 aromatic rings. The molecule has 1 aromatic carbocycles. The second kappa shape index (κ2) is 10.8. The third-order valence-electron chi connectivity index (χ3n) is 6.14. The minimum Gasteiger partial charge on any atom is -0.341 e. The zero-order valence-electron chi connectivity index (χ0n) is 17.8. The summed E-state index contributed by atoms with van der Waals surface area (Å²) in [6.07, 6.45) is 4.91. The maximum absolute atomic E-state index is 12.8. The topological polar surface area (TPSA) is 49.6 Å². The van der Waals surface area contributed by atoms with Crippen molar-refractivity contribution >= 4 is 5.91 Å². The fourth-order valence-electron chi connectivity index (χ4n) is 4.24. The van der Waals surface area contributed by atoms with Gasteiger partial charge in [0.2, 0.25) is 5.91 Å². The molecule has 2 N–H and O–H groups in total. The van der Waals surface area contributed by atoms with Crippen molar-refractivity contribution in [3.63, 3.8) is 0 Å². The molecule has 1 amide bonds. The molecule has 0 radical (unpaired) electrons. The quantitative estimate of drug-likeness (QED) is 0.723. The molecule has 0 aromatic heterocycles. The minimum absolute atomic E-state index is 0.119. The molecular formula is C23H39N3O. The van der Waals surface area contributed by atoms with E-state index >= 15 is 0 Å². The van der Waals surface area contributed by atoms with Gasteiger partial charge in [0.1, 0.15) is 0 Å². The smallest absolute Gasteiger partial charge is 0.239 e. The van der Waals surface area contributed by atoms with Gasteiger partial charge in [0, 0.05) is 19.6 Å². The van der Waals surface area contributed by atoms with Gasteiger partial charge >= 0.3 is 0 Å². The predicted octanol–water partition coefficient (Wildman–Crippen LogP) is 3.26. The van der Waals surface area contributed by atoms with E-state index in [0.717, 1.165) is 58.4 Å². The van der Waals surface area contributed by atoms with Crippen molar-refractivity contribution < 1.29 is 4.79 Å². The molecule has 1 heterocycles. The number of piperidine rings is 1. The van der Waals surface area contributed by atoms with E-state index in [-0.39, 0.29) is 5.91 Å². The Morgan fingerprint density at radius 1 is 1.11 bits per heavy atom. The van der Waals surface area contributed by atoms with Crippen molar-refractivity contribution in [3.05, 3.63) is 34.9 Å². The summed E-state index contributed by atoms with van der Waals surface area (Å²) in [5.41, 5.74) is 10.3. The van der Waals surface area contributed by atoms with Gasteiger partial charge in [0.15, 0.2) is 0 Å². The van der Waals surface area contributed by atoms with Crippen molar-refractivity contribution in [2.24, 2.45) is 11.7 Å². The Hall–Kier alpha value is -1.39. The third kappa shape index (κ3) is 6.05. The number of likely N-dealkylation sites (tertiary alicyclic amines) is 1. The van der Waals surface area contributed by atoms with E-state index in [9.17, 15) is 4.79 Å². The van der Waals surface area contributed by atoms with E-state index < -0.39 is 6.04 Å². The van der Waals surface area contributed by atoms with Crippen LogP contribution < -0.4 is 5.73 Å². The summed E-state index contributed by atoms with van der Waals surface area (Å²) in [5, 5.41) is 0. The number of hydrogen-bond donors (Lipinski definition) is 1. The number of carbonyl (C=O) groups excluding carboxylic acids is 1. The van der Waals surface area contributed by atoms with Crippen LogP contribution in [0.1, 0.15) is 57.2 Å². The van der Waals surface area contributed by atoms with E-state index in [1.165, 1.54) is 16.7 Å². The number of aryl methyl sites for hydroxylation is 2. The second-order valence-electron chi connectivity index (χ2n) is 7.88. The molecule has 1 atom stereocenters. The number of amides is 1. The van der Waals surface area contributed by atoms with Crippen LogP contribution >= 0.6 is 0 Å². The lowest BCUT2D eigenvalue weighted by atomic mass is 9.94. The van der Waals surface area contributed by atoms with Crippen LogP contribution in [0.2, 0.25) is 0 Å². The van der Waals surface area contributed by atoms with Gasteiger partial charge in [-0.05, 0) is 67.8 Å². The summed E-state index contributed by atoms with van der Waals surface area (Å²) in [5.74, 6) is 0.827. The van der Waals surface area contributed by atoms with Gasteiger partial charge in [-0.15, -0.1) is 0 Å². The van der Waals surface area contributed by atoms with Crippen LogP contribution in [-0.2, 0) is 24.1 Å². The summed E-state index contributed by atoms with van der Waals surface area (Å²) in [6, 6.07) is 6.15. The molecule has 1 aliphatic heterocycles. The molecule has 0 saturated carbocycles. The van der Waals surface area contributed by atoms with Gasteiger partial charge in [-0.1, -0.05) is 45.9 Å². The summed E-state index contributed by atoms with van der Waals surface area (Å²) >= 11 is 0. The molecule has 152 valence electrons. The van der Waals surface area contributed by atoms with Crippen LogP contribution in [0.5, 0.6) is 0 Å². The molecular weight excluding hydrogens is 334 g/mol. The van der Waals surface area contributed by atoms with Crippen LogP contribution in [0.3, 0.4) is 0 Å². The highest BCUT2D eigenvalue weighted by atomic mass is 16.2. The van der Waals surface area contributed by atoms with E-state index in [1.54, 1.807) is 0 Å². The number of nitrogens with two attached hydrogens (primary N) is 1. The average Bonchev–Trinajstić information content (AvgIpc) is 2.71. The molecule has 0 aliphatic carbocycles. The fraction of sp³-hybridized carbons (Fsp3) is 0.696. The van der Waals surface area contributed by atoms with E-state index in [2.05, 4.69) is 50.8 Å². The highest BCUT2D eigenvalue weighted by Gasteiger charge is 2.27. The van der Waals surface area contributed by atoms with Crippen molar-refractivity contribution in [1.29, 1.82) is 0 Å². The maximum Gasteiger partial charge on any atom is 0.239 e. The van der Waals surface area contributed by atoms with Crippen LogP contribution in [0.4, 0.5) is 0 Å². The van der Waals surface area contributed by atoms with Gasteiger partial charge in [-0.3, -0.25) is 4.79 Å². The van der Waals surface area contributed by atoms with Crippen molar-refractivity contribution in [2.75, 3.05) is 32.7 Å². The van der Waals surface area contributed by atoms with Crippen LogP contribution in [0.25, 0.3) is 0 Å². The first-order chi connectivity index (χ1) is 13.0. The first-order valence-electron chi connectivity index (χ1n) is 10.9. The first kappa shape index (κ1) is 21.9. The second-order valence-corrected chi connectivity index (χ2v) is 7.88. The first-order valence-corrected chi connectivity index (χ1v) is 10.9. The number of nitrogens with zero attached hydrogens (tertiary/aromatic N) is 2. The fourth-order valence-corrected chi connectivity index (χ4v) is 4.24.